The Balaban J connectivity index is 2.23. The van der Waals surface area contributed by atoms with Crippen molar-refractivity contribution in [3.8, 4) is 0 Å². The Labute approximate surface area is 108 Å². The van der Waals surface area contributed by atoms with Crippen LogP contribution < -0.4 is 10.6 Å². The van der Waals surface area contributed by atoms with Crippen LogP contribution in [0.5, 0.6) is 0 Å². The minimum absolute atomic E-state index is 0.339. The molecule has 2 rings (SSSR count). The zero-order chi connectivity index (χ0) is 12.6. The fourth-order valence-corrected chi connectivity index (χ4v) is 2.08. The van der Waals surface area contributed by atoms with E-state index < -0.39 is 11.6 Å². The Morgan fingerprint density at radius 3 is 2.47 bits per heavy atom. The Morgan fingerprint density at radius 1 is 1.24 bits per heavy atom. The van der Waals surface area contributed by atoms with E-state index in [1.807, 2.05) is 0 Å². The van der Waals surface area contributed by atoms with Gasteiger partial charge in [0, 0.05) is 6.42 Å². The van der Waals surface area contributed by atoms with Crippen LogP contribution in [0.25, 0.3) is 0 Å². The number of benzene rings is 1. The molecule has 3 amide bonds. The molecule has 0 aromatic heterocycles. The maximum Gasteiger partial charge on any atom is 0.322 e. The number of nitrogens with one attached hydrogen (secondary N) is 2. The summed E-state index contributed by atoms with van der Waals surface area (Å²) in [5, 5.41) is 5.68. The van der Waals surface area contributed by atoms with Gasteiger partial charge in [-0.25, -0.2) is 4.79 Å². The van der Waals surface area contributed by atoms with Crippen LogP contribution in [0.15, 0.2) is 18.2 Å². The van der Waals surface area contributed by atoms with Gasteiger partial charge >= 0.3 is 6.03 Å². The van der Waals surface area contributed by atoms with Crippen LogP contribution >= 0.6 is 23.2 Å². The second kappa shape index (κ2) is 4.20. The summed E-state index contributed by atoms with van der Waals surface area (Å²) >= 11 is 11.7. The van der Waals surface area contributed by atoms with Gasteiger partial charge in [-0.2, -0.15) is 0 Å². The number of halogens is 2. The summed E-state index contributed by atoms with van der Waals surface area (Å²) in [6, 6.07) is 4.65. The highest BCUT2D eigenvalue weighted by Crippen LogP contribution is 2.25. The number of urea groups is 1. The van der Waals surface area contributed by atoms with Gasteiger partial charge in [-0.3, -0.25) is 10.1 Å². The van der Waals surface area contributed by atoms with Crippen LogP contribution in [0.1, 0.15) is 12.5 Å². The number of hydrogen-bond donors (Lipinski definition) is 2. The van der Waals surface area contributed by atoms with Gasteiger partial charge in [0.2, 0.25) is 0 Å². The van der Waals surface area contributed by atoms with Crippen molar-refractivity contribution in [1.29, 1.82) is 0 Å². The van der Waals surface area contributed by atoms with Gasteiger partial charge in [0.1, 0.15) is 5.54 Å². The minimum atomic E-state index is -0.936. The van der Waals surface area contributed by atoms with Crippen molar-refractivity contribution in [2.45, 2.75) is 18.9 Å². The smallest absolute Gasteiger partial charge is 0.322 e. The molecule has 1 aromatic rings. The molecule has 90 valence electrons. The molecule has 1 fully saturated rings. The van der Waals surface area contributed by atoms with Gasteiger partial charge < -0.3 is 5.32 Å². The maximum atomic E-state index is 11.6. The summed E-state index contributed by atoms with van der Waals surface area (Å²) in [6.07, 6.45) is 0.363. The highest BCUT2D eigenvalue weighted by Gasteiger charge is 2.41. The van der Waals surface area contributed by atoms with Crippen LogP contribution in [-0.4, -0.2) is 17.5 Å². The summed E-state index contributed by atoms with van der Waals surface area (Å²) < 4.78 is 0. The first-order chi connectivity index (χ1) is 7.90. The molecule has 0 bridgehead atoms. The monoisotopic (exact) mass is 272 g/mol. The lowest BCUT2D eigenvalue weighted by molar-refractivity contribution is -0.123. The van der Waals surface area contributed by atoms with Crippen LogP contribution in [0.2, 0.25) is 10.0 Å². The van der Waals surface area contributed by atoms with Gasteiger partial charge in [0.05, 0.1) is 10.0 Å². The Bertz CT molecular complexity index is 504. The lowest BCUT2D eigenvalue weighted by atomic mass is 9.93. The summed E-state index contributed by atoms with van der Waals surface area (Å²) in [6.45, 7) is 1.66. The third-order valence-corrected chi connectivity index (χ3v) is 3.40. The largest absolute Gasteiger partial charge is 0.323 e. The standard InChI is InChI=1S/C11H10Cl2N2O2/c1-11(9(16)14-10(17)15-11)5-6-2-3-7(12)8(13)4-6/h2-4H,5H2,1H3,(H2,14,15,16,17). The number of carbonyl (C=O) groups is 2. The van der Waals surface area contributed by atoms with Crippen molar-refractivity contribution in [2.75, 3.05) is 0 Å². The molecule has 1 atom stereocenters. The molecule has 1 unspecified atom stereocenters. The lowest BCUT2D eigenvalue weighted by Gasteiger charge is -2.20. The molecule has 6 heteroatoms. The van der Waals surface area contributed by atoms with Crippen molar-refractivity contribution in [2.24, 2.45) is 0 Å². The molecule has 1 saturated heterocycles. The predicted molar refractivity (Wildman–Crippen MR) is 65.2 cm³/mol. The van der Waals surface area contributed by atoms with Gasteiger partial charge in [-0.1, -0.05) is 29.3 Å². The zero-order valence-corrected chi connectivity index (χ0v) is 10.5. The van der Waals surface area contributed by atoms with Crippen molar-refractivity contribution in [1.82, 2.24) is 10.6 Å². The Morgan fingerprint density at radius 2 is 1.94 bits per heavy atom. The van der Waals surface area contributed by atoms with Crippen molar-refractivity contribution >= 4 is 35.1 Å². The molecule has 0 saturated carbocycles. The lowest BCUT2D eigenvalue weighted by Crippen LogP contribution is -2.45. The number of amides is 3. The van der Waals surface area contributed by atoms with E-state index in [9.17, 15) is 9.59 Å². The maximum absolute atomic E-state index is 11.6. The molecular formula is C11H10Cl2N2O2. The summed E-state index contributed by atoms with van der Waals surface area (Å²) in [5.41, 5.74) is -0.104. The first-order valence-electron chi connectivity index (χ1n) is 4.98. The second-order valence-electron chi connectivity index (χ2n) is 4.17. The number of rotatable bonds is 2. The van der Waals surface area contributed by atoms with E-state index in [2.05, 4.69) is 10.6 Å². The van der Waals surface area contributed by atoms with Crippen LogP contribution in [0.4, 0.5) is 4.79 Å². The Kier molecular flexibility index (Phi) is 3.02. The molecule has 1 heterocycles. The average molecular weight is 273 g/mol. The van der Waals surface area contributed by atoms with E-state index in [0.29, 0.717) is 16.5 Å². The fraction of sp³-hybridized carbons (Fsp3) is 0.273. The second-order valence-corrected chi connectivity index (χ2v) is 4.98. The fourth-order valence-electron chi connectivity index (χ4n) is 1.76. The highest BCUT2D eigenvalue weighted by atomic mass is 35.5. The SMILES string of the molecule is CC1(Cc2ccc(Cl)c(Cl)c2)NC(=O)NC1=O. The number of carbonyl (C=O) groups excluding carboxylic acids is 2. The number of imide groups is 1. The predicted octanol–water partition coefficient (Wildman–Crippen LogP) is 2.13. The minimum Gasteiger partial charge on any atom is -0.323 e. The van der Waals surface area contributed by atoms with Gasteiger partial charge in [-0.15, -0.1) is 0 Å². The average Bonchev–Trinajstić information content (AvgIpc) is 2.46. The van der Waals surface area contributed by atoms with E-state index in [1.165, 1.54) is 0 Å². The highest BCUT2D eigenvalue weighted by molar-refractivity contribution is 6.42. The quantitative estimate of drug-likeness (QED) is 0.811. The summed E-state index contributed by atoms with van der Waals surface area (Å²) in [5.74, 6) is -0.339. The molecular weight excluding hydrogens is 263 g/mol. The molecule has 1 aliphatic rings. The van der Waals surface area contributed by atoms with Gasteiger partial charge in [0.25, 0.3) is 5.91 Å². The first-order valence-corrected chi connectivity index (χ1v) is 5.74. The molecule has 0 aliphatic carbocycles. The van der Waals surface area contributed by atoms with Gasteiger partial charge in [-0.05, 0) is 24.6 Å². The summed E-state index contributed by atoms with van der Waals surface area (Å²) in [7, 11) is 0. The molecule has 1 aromatic carbocycles. The normalized spacial score (nSPS) is 23.5. The van der Waals surface area contributed by atoms with E-state index in [-0.39, 0.29) is 5.91 Å². The van der Waals surface area contributed by atoms with E-state index in [4.69, 9.17) is 23.2 Å². The topological polar surface area (TPSA) is 58.2 Å². The van der Waals surface area contributed by atoms with Gasteiger partial charge in [0.15, 0.2) is 0 Å². The Hall–Kier alpha value is -1.26. The molecule has 2 N–H and O–H groups in total. The van der Waals surface area contributed by atoms with E-state index in [1.54, 1.807) is 25.1 Å². The van der Waals surface area contributed by atoms with E-state index >= 15 is 0 Å². The zero-order valence-electron chi connectivity index (χ0n) is 9.01. The van der Waals surface area contributed by atoms with Crippen molar-refractivity contribution < 1.29 is 9.59 Å². The van der Waals surface area contributed by atoms with Crippen LogP contribution in [-0.2, 0) is 11.2 Å². The van der Waals surface area contributed by atoms with Crippen molar-refractivity contribution in [3.63, 3.8) is 0 Å². The third-order valence-electron chi connectivity index (χ3n) is 2.66. The first kappa shape index (κ1) is 12.2. The molecule has 17 heavy (non-hydrogen) atoms. The molecule has 1 aliphatic heterocycles. The molecule has 0 radical (unpaired) electrons. The van der Waals surface area contributed by atoms with Crippen LogP contribution in [0, 0.1) is 0 Å². The third kappa shape index (κ3) is 2.37. The molecule has 0 spiro atoms. The summed E-state index contributed by atoms with van der Waals surface area (Å²) in [4.78, 5) is 22.7. The molecule has 4 nitrogen and oxygen atoms in total. The number of hydrogen-bond acceptors (Lipinski definition) is 2. The van der Waals surface area contributed by atoms with E-state index in [0.717, 1.165) is 5.56 Å². The van der Waals surface area contributed by atoms with Crippen molar-refractivity contribution in [3.05, 3.63) is 33.8 Å². The van der Waals surface area contributed by atoms with Crippen LogP contribution in [0.3, 0.4) is 0 Å².